The predicted molar refractivity (Wildman–Crippen MR) is 196 cm³/mol. The summed E-state index contributed by atoms with van der Waals surface area (Å²) >= 11 is 0. The van der Waals surface area contributed by atoms with Crippen molar-refractivity contribution in [2.75, 3.05) is 33.7 Å². The van der Waals surface area contributed by atoms with Gasteiger partial charge in [-0.3, -0.25) is 19.2 Å². The van der Waals surface area contributed by atoms with E-state index in [2.05, 4.69) is 27.8 Å². The van der Waals surface area contributed by atoms with Crippen molar-refractivity contribution >= 4 is 39.7 Å². The van der Waals surface area contributed by atoms with Gasteiger partial charge in [-0.25, -0.2) is 4.79 Å². The molecule has 0 aromatic carbocycles. The molecule has 1 heterocycles. The van der Waals surface area contributed by atoms with E-state index >= 15 is 0 Å². The second-order valence-corrected chi connectivity index (χ2v) is 19.2. The standard InChI is InChI=1S/C36H63N7O7S/c1-12-18-37-32(46)29(44)26(20-23-13-14-23)38-31(45)28-25(22(2)3)17-19-43(28)33(47)30(36(7,8)9)40-34(48)39-27(35(4,5)6)21-41(10)51(49,50)42(11)24-15-16-24/h12,22-28,30H,1,13-21H2,2-11H3,(H,37,46)(H,38,45)(H2,39,40,48)/t25?,26?,27-,28+,30-/m1/s1. The van der Waals surface area contributed by atoms with Crippen molar-refractivity contribution in [1.82, 2.24) is 34.8 Å². The number of likely N-dealkylation sites (N-methyl/N-ethyl adjacent to an activating group) is 1. The SMILES string of the molecule is C=CCNC(=O)C(=O)C(CC1CC1)NC(=O)[C@@H]1C(C(C)C)CCN1C(=O)[C@@H](NC(=O)N[C@H](CN(C)S(=O)(=O)N(C)C1CC1)C(C)(C)C)C(C)(C)C. The zero-order valence-electron chi connectivity index (χ0n) is 32.4. The van der Waals surface area contributed by atoms with Crippen molar-refractivity contribution in [2.45, 2.75) is 124 Å². The first-order valence-corrected chi connectivity index (χ1v) is 19.7. The van der Waals surface area contributed by atoms with Crippen molar-refractivity contribution in [3.63, 3.8) is 0 Å². The van der Waals surface area contributed by atoms with Crippen molar-refractivity contribution in [3.8, 4) is 0 Å². The van der Waals surface area contributed by atoms with Gasteiger partial charge in [0.2, 0.25) is 17.6 Å². The Balaban J connectivity index is 1.82. The Bertz CT molecular complexity index is 1410. The van der Waals surface area contributed by atoms with Crippen LogP contribution in [0.4, 0.5) is 4.79 Å². The first kappa shape index (κ1) is 42.4. The van der Waals surface area contributed by atoms with Crippen LogP contribution in [0.5, 0.6) is 0 Å². The van der Waals surface area contributed by atoms with E-state index in [4.69, 9.17) is 0 Å². The van der Waals surface area contributed by atoms with Crippen LogP contribution in [0.25, 0.3) is 0 Å². The number of carbonyl (C=O) groups excluding carboxylic acids is 5. The number of nitrogens with one attached hydrogen (secondary N) is 4. The smallest absolute Gasteiger partial charge is 0.315 e. The highest BCUT2D eigenvalue weighted by Crippen LogP contribution is 2.36. The zero-order valence-corrected chi connectivity index (χ0v) is 33.2. The molecule has 0 bridgehead atoms. The lowest BCUT2D eigenvalue weighted by Gasteiger charge is -2.38. The summed E-state index contributed by atoms with van der Waals surface area (Å²) in [4.78, 5) is 69.5. The molecule has 0 aromatic heterocycles. The first-order valence-electron chi connectivity index (χ1n) is 18.3. The molecule has 0 radical (unpaired) electrons. The number of likely N-dealkylation sites (tertiary alicyclic amines) is 1. The van der Waals surface area contributed by atoms with Gasteiger partial charge in [-0.1, -0.05) is 74.3 Å². The van der Waals surface area contributed by atoms with Gasteiger partial charge in [0, 0.05) is 45.8 Å². The number of hydrogen-bond donors (Lipinski definition) is 4. The summed E-state index contributed by atoms with van der Waals surface area (Å²) in [5.74, 6) is -2.42. The molecule has 3 aliphatic rings. The van der Waals surface area contributed by atoms with Crippen molar-refractivity contribution < 1.29 is 32.4 Å². The monoisotopic (exact) mass is 737 g/mol. The van der Waals surface area contributed by atoms with E-state index in [0.29, 0.717) is 12.8 Å². The molecule has 15 heteroatoms. The molecule has 2 unspecified atom stereocenters. The first-order chi connectivity index (χ1) is 23.5. The number of amides is 5. The minimum Gasteiger partial charge on any atom is -0.346 e. The van der Waals surface area contributed by atoms with E-state index in [1.165, 1.54) is 26.6 Å². The normalized spacial score (nSPS) is 21.6. The van der Waals surface area contributed by atoms with Gasteiger partial charge in [-0.2, -0.15) is 17.0 Å². The molecule has 3 fully saturated rings. The lowest BCUT2D eigenvalue weighted by Crippen LogP contribution is -2.62. The molecule has 2 saturated carbocycles. The van der Waals surface area contributed by atoms with Crippen LogP contribution in [0.1, 0.15) is 93.9 Å². The number of urea groups is 1. The third kappa shape index (κ3) is 11.2. The summed E-state index contributed by atoms with van der Waals surface area (Å²) in [6, 6.07) is -4.24. The summed E-state index contributed by atoms with van der Waals surface area (Å²) in [5.41, 5.74) is -1.32. The molecule has 0 aromatic rings. The van der Waals surface area contributed by atoms with Crippen LogP contribution < -0.4 is 21.3 Å². The van der Waals surface area contributed by atoms with Gasteiger partial charge in [-0.05, 0) is 54.3 Å². The van der Waals surface area contributed by atoms with Gasteiger partial charge < -0.3 is 26.2 Å². The number of rotatable bonds is 17. The Labute approximate surface area is 305 Å². The van der Waals surface area contributed by atoms with Crippen LogP contribution >= 0.6 is 0 Å². The van der Waals surface area contributed by atoms with E-state index in [1.54, 1.807) is 7.05 Å². The lowest BCUT2D eigenvalue weighted by atomic mass is 9.84. The molecule has 51 heavy (non-hydrogen) atoms. The highest BCUT2D eigenvalue weighted by molar-refractivity contribution is 7.86. The van der Waals surface area contributed by atoms with Crippen molar-refractivity contribution in [2.24, 2.45) is 28.6 Å². The minimum absolute atomic E-state index is 0.0151. The maximum atomic E-state index is 14.5. The Morgan fingerprint density at radius 3 is 2.00 bits per heavy atom. The Morgan fingerprint density at radius 1 is 0.902 bits per heavy atom. The van der Waals surface area contributed by atoms with Crippen molar-refractivity contribution in [3.05, 3.63) is 12.7 Å². The number of hydrogen-bond acceptors (Lipinski definition) is 7. The number of carbonyl (C=O) groups is 5. The third-order valence-electron chi connectivity index (χ3n) is 10.4. The van der Waals surface area contributed by atoms with Crippen LogP contribution in [-0.4, -0.2) is 115 Å². The van der Waals surface area contributed by atoms with Crippen LogP contribution in [-0.2, 0) is 29.4 Å². The van der Waals surface area contributed by atoms with E-state index in [9.17, 15) is 32.4 Å². The van der Waals surface area contributed by atoms with Crippen molar-refractivity contribution in [1.29, 1.82) is 0 Å². The molecule has 14 nitrogen and oxygen atoms in total. The highest BCUT2D eigenvalue weighted by Gasteiger charge is 2.48. The Morgan fingerprint density at radius 2 is 1.51 bits per heavy atom. The second-order valence-electron chi connectivity index (χ2n) is 17.1. The fraction of sp³-hybridized carbons (Fsp3) is 0.806. The van der Waals surface area contributed by atoms with Crippen LogP contribution in [0.15, 0.2) is 12.7 Å². The molecule has 2 aliphatic carbocycles. The van der Waals surface area contributed by atoms with Gasteiger partial charge >= 0.3 is 6.03 Å². The maximum Gasteiger partial charge on any atom is 0.315 e. The molecule has 1 saturated heterocycles. The van der Waals surface area contributed by atoms with Crippen LogP contribution in [0.3, 0.4) is 0 Å². The molecule has 1 aliphatic heterocycles. The summed E-state index contributed by atoms with van der Waals surface area (Å²) in [6.45, 7) is 19.1. The molecule has 5 amide bonds. The van der Waals surface area contributed by atoms with E-state index in [0.717, 1.165) is 25.7 Å². The van der Waals surface area contributed by atoms with E-state index in [-0.39, 0.29) is 43.4 Å². The predicted octanol–water partition coefficient (Wildman–Crippen LogP) is 2.42. The summed E-state index contributed by atoms with van der Waals surface area (Å²) in [7, 11) is -0.681. The summed E-state index contributed by atoms with van der Waals surface area (Å²) in [5, 5.41) is 11.1. The molecular formula is C36H63N7O7S. The van der Waals surface area contributed by atoms with E-state index in [1.807, 2.05) is 55.4 Å². The van der Waals surface area contributed by atoms with Gasteiger partial charge in [0.15, 0.2) is 0 Å². The second kappa shape index (κ2) is 16.7. The largest absolute Gasteiger partial charge is 0.346 e. The lowest BCUT2D eigenvalue weighted by molar-refractivity contribution is -0.144. The molecule has 290 valence electrons. The average molecular weight is 738 g/mol. The summed E-state index contributed by atoms with van der Waals surface area (Å²) < 4.78 is 29.0. The Kier molecular flexibility index (Phi) is 13.9. The third-order valence-corrected chi connectivity index (χ3v) is 12.3. The fourth-order valence-electron chi connectivity index (χ4n) is 6.56. The van der Waals surface area contributed by atoms with Crippen LogP contribution in [0, 0.1) is 28.6 Å². The Hall–Kier alpha value is -3.04. The molecule has 4 N–H and O–H groups in total. The molecule has 3 rings (SSSR count). The topological polar surface area (TPSA) is 177 Å². The fourth-order valence-corrected chi connectivity index (χ4v) is 7.93. The highest BCUT2D eigenvalue weighted by atomic mass is 32.2. The molecule has 0 spiro atoms. The molecular weight excluding hydrogens is 675 g/mol. The van der Waals surface area contributed by atoms with E-state index < -0.39 is 74.7 Å². The van der Waals surface area contributed by atoms with Gasteiger partial charge in [0.05, 0.1) is 6.04 Å². The minimum atomic E-state index is -3.74. The quantitative estimate of drug-likeness (QED) is 0.131. The van der Waals surface area contributed by atoms with Gasteiger partial charge in [-0.15, -0.1) is 6.58 Å². The average Bonchev–Trinajstić information content (AvgIpc) is 3.97. The van der Waals surface area contributed by atoms with Crippen LogP contribution in [0.2, 0.25) is 0 Å². The number of ketones is 1. The molecule has 5 atom stereocenters. The number of Topliss-reactive ketones (excluding diaryl/α,β-unsaturated/α-hetero) is 1. The number of nitrogens with zero attached hydrogens (tertiary/aromatic N) is 3. The maximum absolute atomic E-state index is 14.5. The van der Waals surface area contributed by atoms with Gasteiger partial charge in [0.1, 0.15) is 12.1 Å². The van der Waals surface area contributed by atoms with Gasteiger partial charge in [0.25, 0.3) is 16.1 Å². The zero-order chi connectivity index (χ0) is 38.6. The summed E-state index contributed by atoms with van der Waals surface area (Å²) in [6.07, 6.45) is 5.82.